The zero-order chi connectivity index (χ0) is 12.1. The first kappa shape index (κ1) is 12.4. The van der Waals surface area contributed by atoms with Gasteiger partial charge in [0.25, 0.3) is 6.43 Å². The lowest BCUT2D eigenvalue weighted by molar-refractivity contribution is 0.149. The summed E-state index contributed by atoms with van der Waals surface area (Å²) in [6.07, 6.45) is -3.02. The molecule has 0 aliphatic carbocycles. The lowest BCUT2D eigenvalue weighted by Gasteiger charge is -2.10. The van der Waals surface area contributed by atoms with Crippen LogP contribution in [0.2, 0.25) is 0 Å². The summed E-state index contributed by atoms with van der Waals surface area (Å²) in [5, 5.41) is 17.2. The van der Waals surface area contributed by atoms with E-state index in [2.05, 4.69) is 4.98 Å². The van der Waals surface area contributed by atoms with E-state index in [1.807, 2.05) is 0 Å². The van der Waals surface area contributed by atoms with Gasteiger partial charge in [0.05, 0.1) is 18.2 Å². The predicted molar refractivity (Wildman–Crippen MR) is 52.8 cm³/mol. The molecule has 0 aliphatic heterocycles. The molecule has 1 aromatic rings. The summed E-state index contributed by atoms with van der Waals surface area (Å²) in [4.78, 5) is 3.69. The van der Waals surface area contributed by atoms with E-state index in [0.29, 0.717) is 0 Å². The molecule has 1 heterocycles. The molecule has 6 heteroatoms. The Morgan fingerprint density at radius 1 is 1.44 bits per heavy atom. The SMILES string of the molecule is N#CCc1nc(C#N)cc(CCl)c1C(F)F. The maximum absolute atomic E-state index is 12.7. The Morgan fingerprint density at radius 3 is 2.56 bits per heavy atom. The average Bonchev–Trinajstić information content (AvgIpc) is 2.27. The van der Waals surface area contributed by atoms with Crippen molar-refractivity contribution in [2.24, 2.45) is 0 Å². The van der Waals surface area contributed by atoms with Crippen LogP contribution in [0.4, 0.5) is 8.78 Å². The number of halogens is 3. The summed E-state index contributed by atoms with van der Waals surface area (Å²) in [5.41, 5.74) is -0.276. The van der Waals surface area contributed by atoms with Gasteiger partial charge in [0.15, 0.2) is 0 Å². The van der Waals surface area contributed by atoms with Crippen LogP contribution >= 0.6 is 11.6 Å². The molecule has 0 saturated carbocycles. The Balaban J connectivity index is 3.43. The van der Waals surface area contributed by atoms with Gasteiger partial charge in [0.2, 0.25) is 0 Å². The molecule has 1 aromatic heterocycles. The van der Waals surface area contributed by atoms with E-state index in [9.17, 15) is 8.78 Å². The lowest BCUT2D eigenvalue weighted by atomic mass is 10.0. The van der Waals surface area contributed by atoms with Gasteiger partial charge in [-0.25, -0.2) is 13.8 Å². The molecule has 0 bridgehead atoms. The molecule has 16 heavy (non-hydrogen) atoms. The number of aromatic nitrogens is 1. The molecule has 0 aliphatic rings. The molecular formula is C10H6ClF2N3. The Morgan fingerprint density at radius 2 is 2.12 bits per heavy atom. The molecule has 3 nitrogen and oxygen atoms in total. The molecule has 0 spiro atoms. The summed E-state index contributed by atoms with van der Waals surface area (Å²) < 4.78 is 25.5. The summed E-state index contributed by atoms with van der Waals surface area (Å²) in [7, 11) is 0. The molecule has 0 amide bonds. The highest BCUT2D eigenvalue weighted by Crippen LogP contribution is 2.27. The van der Waals surface area contributed by atoms with E-state index in [0.717, 1.165) is 0 Å². The highest BCUT2D eigenvalue weighted by atomic mass is 35.5. The first-order chi connectivity index (χ1) is 7.63. The van der Waals surface area contributed by atoms with E-state index in [1.54, 1.807) is 12.1 Å². The largest absolute Gasteiger partial charge is 0.265 e. The smallest absolute Gasteiger partial charge is 0.241 e. The standard InChI is InChI=1S/C10H6ClF2N3/c11-4-6-3-7(5-15)16-8(1-2-14)9(6)10(12)13/h3,10H,1,4H2. The number of nitrogens with zero attached hydrogens (tertiary/aromatic N) is 3. The fraction of sp³-hybridized carbons (Fsp3) is 0.300. The van der Waals surface area contributed by atoms with Crippen molar-refractivity contribution < 1.29 is 8.78 Å². The van der Waals surface area contributed by atoms with Crippen LogP contribution in [0.5, 0.6) is 0 Å². The van der Waals surface area contributed by atoms with Gasteiger partial charge in [-0.1, -0.05) is 0 Å². The van der Waals surface area contributed by atoms with Crippen molar-refractivity contribution in [3.63, 3.8) is 0 Å². The second kappa shape index (κ2) is 5.39. The van der Waals surface area contributed by atoms with E-state index in [1.165, 1.54) is 6.07 Å². The van der Waals surface area contributed by atoms with Crippen LogP contribution in [0.1, 0.15) is 28.9 Å². The Hall–Kier alpha value is -1.72. The second-order valence-electron chi connectivity index (χ2n) is 2.91. The van der Waals surface area contributed by atoms with Gasteiger partial charge in [-0.05, 0) is 11.6 Å². The number of hydrogen-bond donors (Lipinski definition) is 0. The van der Waals surface area contributed by atoms with Crippen molar-refractivity contribution in [2.75, 3.05) is 0 Å². The lowest BCUT2D eigenvalue weighted by Crippen LogP contribution is -2.04. The van der Waals surface area contributed by atoms with Crippen LogP contribution in [-0.2, 0) is 12.3 Å². The van der Waals surface area contributed by atoms with E-state index in [4.69, 9.17) is 22.1 Å². The Kier molecular flexibility index (Phi) is 4.16. The van der Waals surface area contributed by atoms with E-state index >= 15 is 0 Å². The van der Waals surface area contributed by atoms with Gasteiger partial charge in [-0.15, -0.1) is 11.6 Å². The quantitative estimate of drug-likeness (QED) is 0.765. The molecule has 0 saturated heterocycles. The molecule has 82 valence electrons. The minimum Gasteiger partial charge on any atom is -0.241 e. The van der Waals surface area contributed by atoms with Crippen molar-refractivity contribution >= 4 is 11.6 Å². The van der Waals surface area contributed by atoms with Crippen LogP contribution < -0.4 is 0 Å². The third-order valence-electron chi connectivity index (χ3n) is 1.95. The van der Waals surface area contributed by atoms with Gasteiger partial charge in [0, 0.05) is 11.4 Å². The first-order valence-corrected chi connectivity index (χ1v) is 4.81. The topological polar surface area (TPSA) is 60.5 Å². The molecule has 0 fully saturated rings. The number of rotatable bonds is 3. The van der Waals surface area contributed by atoms with Crippen molar-refractivity contribution in [3.05, 3.63) is 28.6 Å². The predicted octanol–water partition coefficient (Wildman–Crippen LogP) is 2.70. The number of nitriles is 2. The van der Waals surface area contributed by atoms with Gasteiger partial charge in [-0.2, -0.15) is 10.5 Å². The zero-order valence-corrected chi connectivity index (χ0v) is 8.80. The molecule has 0 atom stereocenters. The highest BCUT2D eigenvalue weighted by molar-refractivity contribution is 6.17. The van der Waals surface area contributed by atoms with Crippen LogP contribution in [-0.4, -0.2) is 4.98 Å². The minimum absolute atomic E-state index is 0.00898. The van der Waals surface area contributed by atoms with Crippen LogP contribution in [0.25, 0.3) is 0 Å². The average molecular weight is 242 g/mol. The Labute approximate surface area is 95.9 Å². The van der Waals surface area contributed by atoms with Gasteiger partial charge in [0.1, 0.15) is 11.8 Å². The van der Waals surface area contributed by atoms with Gasteiger partial charge in [-0.3, -0.25) is 0 Å². The minimum atomic E-state index is -2.75. The highest BCUT2D eigenvalue weighted by Gasteiger charge is 2.19. The van der Waals surface area contributed by atoms with Gasteiger partial charge >= 0.3 is 0 Å². The van der Waals surface area contributed by atoms with Crippen LogP contribution in [0.15, 0.2) is 6.07 Å². The molecule has 1 rings (SSSR count). The molecule has 0 N–H and O–H groups in total. The maximum Gasteiger partial charge on any atom is 0.265 e. The normalized spacial score (nSPS) is 9.88. The number of alkyl halides is 3. The number of pyridine rings is 1. The van der Waals surface area contributed by atoms with Crippen molar-refractivity contribution in [3.8, 4) is 12.1 Å². The van der Waals surface area contributed by atoms with Crippen molar-refractivity contribution in [1.29, 1.82) is 10.5 Å². The third kappa shape index (κ3) is 2.44. The fourth-order valence-corrected chi connectivity index (χ4v) is 1.53. The monoisotopic (exact) mass is 241 g/mol. The second-order valence-corrected chi connectivity index (χ2v) is 3.18. The third-order valence-corrected chi connectivity index (χ3v) is 2.23. The molecular weight excluding hydrogens is 236 g/mol. The fourth-order valence-electron chi connectivity index (χ4n) is 1.31. The molecule has 0 aromatic carbocycles. The van der Waals surface area contributed by atoms with Gasteiger partial charge < -0.3 is 0 Å². The molecule has 0 unspecified atom stereocenters. The zero-order valence-electron chi connectivity index (χ0n) is 8.04. The van der Waals surface area contributed by atoms with Crippen molar-refractivity contribution in [2.45, 2.75) is 18.7 Å². The van der Waals surface area contributed by atoms with E-state index < -0.39 is 6.43 Å². The van der Waals surface area contributed by atoms with Crippen LogP contribution in [0.3, 0.4) is 0 Å². The first-order valence-electron chi connectivity index (χ1n) is 4.27. The summed E-state index contributed by atoms with van der Waals surface area (Å²) >= 11 is 5.52. The van der Waals surface area contributed by atoms with Crippen molar-refractivity contribution in [1.82, 2.24) is 4.98 Å². The summed E-state index contributed by atoms with van der Waals surface area (Å²) in [6, 6.07) is 4.69. The maximum atomic E-state index is 12.7. The molecule has 0 radical (unpaired) electrons. The number of hydrogen-bond acceptors (Lipinski definition) is 3. The summed E-state index contributed by atoms with van der Waals surface area (Å²) in [6.45, 7) is 0. The summed E-state index contributed by atoms with van der Waals surface area (Å²) in [5.74, 6) is -0.144. The van der Waals surface area contributed by atoms with E-state index in [-0.39, 0.29) is 34.8 Å². The van der Waals surface area contributed by atoms with Crippen LogP contribution in [0, 0.1) is 22.7 Å². The Bertz CT molecular complexity index is 474.